The Morgan fingerprint density at radius 2 is 2.19 bits per heavy atom. The van der Waals surface area contributed by atoms with Gasteiger partial charge in [0, 0.05) is 42.2 Å². The van der Waals surface area contributed by atoms with Crippen molar-refractivity contribution >= 4 is 28.4 Å². The van der Waals surface area contributed by atoms with Gasteiger partial charge in [-0.05, 0) is 43.5 Å². The van der Waals surface area contributed by atoms with Crippen LogP contribution in [0.3, 0.4) is 0 Å². The number of nitrogens with one attached hydrogen (secondary N) is 3. The summed E-state index contributed by atoms with van der Waals surface area (Å²) < 4.78 is 7.44. The van der Waals surface area contributed by atoms with E-state index in [4.69, 9.17) is 4.74 Å². The maximum atomic E-state index is 11.7. The predicted molar refractivity (Wildman–Crippen MR) is 118 cm³/mol. The van der Waals surface area contributed by atoms with Crippen LogP contribution in [0.1, 0.15) is 33.1 Å². The molecule has 4 aromatic rings. The summed E-state index contributed by atoms with van der Waals surface area (Å²) in [6.07, 6.45) is 7.77. The summed E-state index contributed by atoms with van der Waals surface area (Å²) in [7, 11) is 1.61. The Hall–Kier alpha value is -3.62. The second kappa shape index (κ2) is 7.26. The molecule has 1 saturated carbocycles. The Bertz CT molecular complexity index is 1270. The van der Waals surface area contributed by atoms with Gasteiger partial charge in [0.15, 0.2) is 0 Å². The number of anilines is 1. The van der Waals surface area contributed by atoms with Crippen LogP contribution < -0.4 is 15.4 Å². The number of ether oxygens (including phenoxy) is 1. The highest BCUT2D eigenvalue weighted by molar-refractivity contribution is 5.98. The number of carbonyl (C=O) groups is 1. The summed E-state index contributed by atoms with van der Waals surface area (Å²) in [6.45, 7) is 3.93. The Balaban J connectivity index is 1.41. The number of pyridine rings is 1. The Morgan fingerprint density at radius 3 is 2.97 bits per heavy atom. The zero-order valence-corrected chi connectivity index (χ0v) is 17.8. The Labute approximate surface area is 179 Å². The SMILES string of the molecule is CCC(=O)NC1(C)CC(Nc2nc(OC)c3c(-c4ccn5nccc5c4)c[nH]c3n2)C1. The van der Waals surface area contributed by atoms with E-state index >= 15 is 0 Å². The molecule has 9 nitrogen and oxygen atoms in total. The van der Waals surface area contributed by atoms with Crippen LogP contribution in [0.25, 0.3) is 27.7 Å². The molecule has 1 amide bonds. The molecule has 0 saturated heterocycles. The van der Waals surface area contributed by atoms with Crippen LogP contribution in [0.2, 0.25) is 0 Å². The fourth-order valence-corrected chi connectivity index (χ4v) is 4.37. The maximum absolute atomic E-state index is 11.7. The highest BCUT2D eigenvalue weighted by Gasteiger charge is 2.41. The van der Waals surface area contributed by atoms with Crippen molar-refractivity contribution < 1.29 is 9.53 Å². The largest absolute Gasteiger partial charge is 0.480 e. The fourth-order valence-electron chi connectivity index (χ4n) is 4.37. The molecule has 31 heavy (non-hydrogen) atoms. The molecule has 9 heteroatoms. The highest BCUT2D eigenvalue weighted by Crippen LogP contribution is 2.37. The zero-order chi connectivity index (χ0) is 21.6. The first kappa shape index (κ1) is 19.3. The first-order chi connectivity index (χ1) is 15.0. The summed E-state index contributed by atoms with van der Waals surface area (Å²) in [5, 5.41) is 11.5. The van der Waals surface area contributed by atoms with Crippen molar-refractivity contribution in [2.75, 3.05) is 12.4 Å². The van der Waals surface area contributed by atoms with E-state index in [0.717, 1.165) is 34.9 Å². The maximum Gasteiger partial charge on any atom is 0.228 e. The molecular formula is C22H25N7O2. The van der Waals surface area contributed by atoms with Gasteiger partial charge in [-0.25, -0.2) is 4.52 Å². The van der Waals surface area contributed by atoms with Gasteiger partial charge in [0.25, 0.3) is 0 Å². The number of H-pyrrole nitrogens is 1. The van der Waals surface area contributed by atoms with Crippen molar-refractivity contribution in [2.45, 2.75) is 44.7 Å². The number of rotatable bonds is 6. The normalized spacial score (nSPS) is 20.5. The second-order valence-corrected chi connectivity index (χ2v) is 8.31. The summed E-state index contributed by atoms with van der Waals surface area (Å²) in [6, 6.07) is 6.24. The molecule has 3 N–H and O–H groups in total. The van der Waals surface area contributed by atoms with Crippen molar-refractivity contribution in [1.29, 1.82) is 0 Å². The topological polar surface area (TPSA) is 109 Å². The lowest BCUT2D eigenvalue weighted by Gasteiger charge is -2.45. The number of hydrogen-bond donors (Lipinski definition) is 3. The van der Waals surface area contributed by atoms with Gasteiger partial charge in [0.05, 0.1) is 18.0 Å². The number of hydrogen-bond acceptors (Lipinski definition) is 6. The van der Waals surface area contributed by atoms with E-state index in [0.29, 0.717) is 23.9 Å². The molecule has 1 aliphatic rings. The average molecular weight is 419 g/mol. The lowest BCUT2D eigenvalue weighted by Crippen LogP contribution is -2.59. The van der Waals surface area contributed by atoms with Crippen LogP contribution in [-0.4, -0.2) is 49.2 Å². The van der Waals surface area contributed by atoms with Crippen LogP contribution >= 0.6 is 0 Å². The van der Waals surface area contributed by atoms with E-state index in [1.807, 2.05) is 36.0 Å². The quantitative estimate of drug-likeness (QED) is 0.443. The van der Waals surface area contributed by atoms with Gasteiger partial charge in [0.1, 0.15) is 5.65 Å². The molecule has 0 radical (unpaired) electrons. The highest BCUT2D eigenvalue weighted by atomic mass is 16.5. The molecule has 0 aromatic carbocycles. The van der Waals surface area contributed by atoms with Gasteiger partial charge in [-0.3, -0.25) is 4.79 Å². The third-order valence-corrected chi connectivity index (χ3v) is 5.89. The molecule has 5 rings (SSSR count). The number of carbonyl (C=O) groups excluding carboxylic acids is 1. The number of nitrogens with zero attached hydrogens (tertiary/aromatic N) is 4. The van der Waals surface area contributed by atoms with E-state index < -0.39 is 0 Å². The minimum atomic E-state index is -0.176. The molecule has 0 aliphatic heterocycles. The second-order valence-electron chi connectivity index (χ2n) is 8.31. The Kier molecular flexibility index (Phi) is 4.53. The number of methoxy groups -OCH3 is 1. The standard InChI is InChI=1S/C22H25N7O2/c1-4-17(30)28-22(2)10-14(11-22)25-21-26-19-18(20(27-21)31-3)16(12-23-19)13-6-8-29-15(9-13)5-7-24-29/h5-9,12,14H,4,10-11H2,1-3H3,(H,28,30)(H2,23,25,26,27). The number of fused-ring (bicyclic) bond motifs is 2. The lowest BCUT2D eigenvalue weighted by atomic mass is 9.74. The Morgan fingerprint density at radius 1 is 1.35 bits per heavy atom. The summed E-state index contributed by atoms with van der Waals surface area (Å²) in [4.78, 5) is 24.2. The molecular weight excluding hydrogens is 394 g/mol. The zero-order valence-electron chi connectivity index (χ0n) is 17.8. The smallest absolute Gasteiger partial charge is 0.228 e. The third kappa shape index (κ3) is 3.45. The average Bonchev–Trinajstić information content (AvgIpc) is 3.38. The van der Waals surface area contributed by atoms with E-state index in [-0.39, 0.29) is 17.5 Å². The van der Waals surface area contributed by atoms with E-state index in [9.17, 15) is 4.79 Å². The molecule has 0 bridgehead atoms. The first-order valence-corrected chi connectivity index (χ1v) is 10.4. The van der Waals surface area contributed by atoms with E-state index in [2.05, 4.69) is 43.7 Å². The van der Waals surface area contributed by atoms with Crippen molar-refractivity contribution in [2.24, 2.45) is 0 Å². The molecule has 1 fully saturated rings. The van der Waals surface area contributed by atoms with Gasteiger partial charge in [0.2, 0.25) is 17.7 Å². The molecule has 160 valence electrons. The summed E-state index contributed by atoms with van der Waals surface area (Å²) in [5.41, 5.74) is 3.54. The van der Waals surface area contributed by atoms with Crippen LogP contribution in [0.5, 0.6) is 5.88 Å². The minimum Gasteiger partial charge on any atom is -0.480 e. The lowest BCUT2D eigenvalue weighted by molar-refractivity contribution is -0.123. The predicted octanol–water partition coefficient (Wildman–Crippen LogP) is 3.14. The van der Waals surface area contributed by atoms with Gasteiger partial charge >= 0.3 is 0 Å². The molecule has 1 aliphatic carbocycles. The van der Waals surface area contributed by atoms with Crippen LogP contribution in [0.4, 0.5) is 5.95 Å². The van der Waals surface area contributed by atoms with E-state index in [1.165, 1.54) is 0 Å². The molecule has 4 aromatic heterocycles. The number of amides is 1. The van der Waals surface area contributed by atoms with Gasteiger partial charge in [-0.1, -0.05) is 6.92 Å². The third-order valence-electron chi connectivity index (χ3n) is 5.89. The van der Waals surface area contributed by atoms with Crippen molar-refractivity contribution in [3.05, 3.63) is 36.8 Å². The van der Waals surface area contributed by atoms with Crippen LogP contribution in [-0.2, 0) is 4.79 Å². The van der Waals surface area contributed by atoms with Gasteiger partial charge in [-0.2, -0.15) is 15.1 Å². The van der Waals surface area contributed by atoms with Crippen molar-refractivity contribution in [1.82, 2.24) is 29.9 Å². The molecule has 4 heterocycles. The fraction of sp³-hybridized carbons (Fsp3) is 0.364. The van der Waals surface area contributed by atoms with E-state index in [1.54, 1.807) is 13.3 Å². The monoisotopic (exact) mass is 419 g/mol. The molecule has 0 spiro atoms. The molecule has 0 unspecified atom stereocenters. The molecule has 0 atom stereocenters. The van der Waals surface area contributed by atoms with Crippen LogP contribution in [0, 0.1) is 0 Å². The number of aromatic nitrogens is 5. The minimum absolute atomic E-state index is 0.0771. The van der Waals surface area contributed by atoms with Gasteiger partial charge in [-0.15, -0.1) is 0 Å². The first-order valence-electron chi connectivity index (χ1n) is 10.4. The van der Waals surface area contributed by atoms with Crippen LogP contribution in [0.15, 0.2) is 36.8 Å². The summed E-state index contributed by atoms with van der Waals surface area (Å²) in [5.74, 6) is 1.10. The summed E-state index contributed by atoms with van der Waals surface area (Å²) >= 11 is 0. The van der Waals surface area contributed by atoms with Gasteiger partial charge < -0.3 is 20.4 Å². The van der Waals surface area contributed by atoms with Crippen molar-refractivity contribution in [3.63, 3.8) is 0 Å². The number of aromatic amines is 1. The van der Waals surface area contributed by atoms with Crippen molar-refractivity contribution in [3.8, 4) is 17.0 Å².